The quantitative estimate of drug-likeness (QED) is 0.805. The van der Waals surface area contributed by atoms with Crippen LogP contribution in [-0.2, 0) is 16.6 Å². The molecule has 2 aliphatic rings. The Kier molecular flexibility index (Phi) is 2.80. The summed E-state index contributed by atoms with van der Waals surface area (Å²) in [7, 11) is 1.82. The molecule has 2 amide bonds. The second-order valence-electron chi connectivity index (χ2n) is 5.42. The van der Waals surface area contributed by atoms with Crippen molar-refractivity contribution >= 4 is 17.5 Å². The molecule has 102 valence electrons. The third-order valence-electron chi connectivity index (χ3n) is 4.06. The summed E-state index contributed by atoms with van der Waals surface area (Å²) in [6.07, 6.45) is 7.32. The van der Waals surface area contributed by atoms with E-state index in [1.807, 2.05) is 13.2 Å². The van der Waals surface area contributed by atoms with Gasteiger partial charge in [-0.05, 0) is 12.8 Å². The van der Waals surface area contributed by atoms with Crippen LogP contribution in [-0.4, -0.2) is 33.7 Å². The first-order valence-electron chi connectivity index (χ1n) is 6.72. The number of aromatic nitrogens is 2. The second-order valence-corrected chi connectivity index (χ2v) is 5.42. The average Bonchev–Trinajstić information content (AvgIpc) is 2.97. The lowest BCUT2D eigenvalue weighted by Crippen LogP contribution is -2.55. The molecule has 0 radical (unpaired) electrons. The SMILES string of the molecule is Cn1cc(N2CCC(=O)NC3(CCCC3)C2=O)cn1. The molecule has 1 spiro atoms. The van der Waals surface area contributed by atoms with Crippen LogP contribution in [0.4, 0.5) is 5.69 Å². The largest absolute Gasteiger partial charge is 0.342 e. The Labute approximate surface area is 111 Å². The van der Waals surface area contributed by atoms with E-state index in [-0.39, 0.29) is 11.8 Å². The van der Waals surface area contributed by atoms with Crippen LogP contribution >= 0.6 is 0 Å². The molecule has 0 aromatic carbocycles. The number of rotatable bonds is 1. The number of hydrogen-bond acceptors (Lipinski definition) is 3. The number of nitrogens with zero attached hydrogens (tertiary/aromatic N) is 3. The second kappa shape index (κ2) is 4.36. The predicted octanol–water partition coefficient (Wildman–Crippen LogP) is 0.586. The van der Waals surface area contributed by atoms with Crippen molar-refractivity contribution in [1.29, 1.82) is 0 Å². The maximum absolute atomic E-state index is 12.8. The molecule has 6 heteroatoms. The number of amides is 2. The molecule has 1 saturated carbocycles. The van der Waals surface area contributed by atoms with Crippen molar-refractivity contribution in [2.45, 2.75) is 37.6 Å². The van der Waals surface area contributed by atoms with Gasteiger partial charge in [0.05, 0.1) is 11.9 Å². The normalized spacial score (nSPS) is 22.7. The molecule has 2 heterocycles. The van der Waals surface area contributed by atoms with Crippen LogP contribution in [0.25, 0.3) is 0 Å². The van der Waals surface area contributed by atoms with Crippen LogP contribution in [0.1, 0.15) is 32.1 Å². The van der Waals surface area contributed by atoms with Gasteiger partial charge in [-0.2, -0.15) is 5.10 Å². The lowest BCUT2D eigenvalue weighted by atomic mass is 9.96. The van der Waals surface area contributed by atoms with Crippen molar-refractivity contribution in [1.82, 2.24) is 15.1 Å². The molecule has 19 heavy (non-hydrogen) atoms. The Hall–Kier alpha value is -1.85. The number of carbonyl (C=O) groups is 2. The summed E-state index contributed by atoms with van der Waals surface area (Å²) in [5, 5.41) is 7.06. The fraction of sp³-hybridized carbons (Fsp3) is 0.615. The van der Waals surface area contributed by atoms with Crippen LogP contribution in [0.5, 0.6) is 0 Å². The van der Waals surface area contributed by atoms with Gasteiger partial charge < -0.3 is 10.2 Å². The monoisotopic (exact) mass is 262 g/mol. The van der Waals surface area contributed by atoms with Gasteiger partial charge in [0.1, 0.15) is 5.54 Å². The van der Waals surface area contributed by atoms with E-state index in [0.717, 1.165) is 31.4 Å². The Balaban J connectivity index is 1.96. The smallest absolute Gasteiger partial charge is 0.252 e. The third kappa shape index (κ3) is 2.01. The summed E-state index contributed by atoms with van der Waals surface area (Å²) in [5.74, 6) is -0.00881. The lowest BCUT2D eigenvalue weighted by molar-refractivity contribution is -0.129. The van der Waals surface area contributed by atoms with E-state index in [4.69, 9.17) is 0 Å². The summed E-state index contributed by atoms with van der Waals surface area (Å²) in [5.41, 5.74) is 0.0962. The fourth-order valence-electron chi connectivity index (χ4n) is 3.07. The zero-order valence-corrected chi connectivity index (χ0v) is 11.1. The molecule has 1 aliphatic carbocycles. The van der Waals surface area contributed by atoms with Gasteiger partial charge in [0.15, 0.2) is 0 Å². The van der Waals surface area contributed by atoms with Crippen molar-refractivity contribution in [3.63, 3.8) is 0 Å². The Morgan fingerprint density at radius 3 is 2.68 bits per heavy atom. The molecule has 1 saturated heterocycles. The van der Waals surface area contributed by atoms with E-state index < -0.39 is 5.54 Å². The first-order valence-corrected chi connectivity index (χ1v) is 6.72. The van der Waals surface area contributed by atoms with Crippen LogP contribution in [0.3, 0.4) is 0 Å². The minimum absolute atomic E-state index is 0.0175. The van der Waals surface area contributed by atoms with Gasteiger partial charge in [0, 0.05) is 26.2 Å². The maximum Gasteiger partial charge on any atom is 0.252 e. The highest BCUT2D eigenvalue weighted by Crippen LogP contribution is 2.34. The summed E-state index contributed by atoms with van der Waals surface area (Å²) >= 11 is 0. The Morgan fingerprint density at radius 2 is 2.05 bits per heavy atom. The molecule has 0 bridgehead atoms. The van der Waals surface area contributed by atoms with Crippen molar-refractivity contribution < 1.29 is 9.59 Å². The van der Waals surface area contributed by atoms with Crippen molar-refractivity contribution in [2.24, 2.45) is 7.05 Å². The van der Waals surface area contributed by atoms with Gasteiger partial charge in [0.2, 0.25) is 5.91 Å². The first kappa shape index (κ1) is 12.2. The van der Waals surface area contributed by atoms with Gasteiger partial charge in [-0.15, -0.1) is 0 Å². The molecule has 1 N–H and O–H groups in total. The van der Waals surface area contributed by atoms with Crippen molar-refractivity contribution in [3.05, 3.63) is 12.4 Å². The van der Waals surface area contributed by atoms with Crippen molar-refractivity contribution in [3.8, 4) is 0 Å². The Bertz CT molecular complexity index is 516. The molecule has 1 aromatic heterocycles. The van der Waals surface area contributed by atoms with E-state index in [0.29, 0.717) is 13.0 Å². The number of aryl methyl sites for hydroxylation is 1. The average molecular weight is 262 g/mol. The first-order chi connectivity index (χ1) is 9.11. The number of hydrogen-bond donors (Lipinski definition) is 1. The fourth-order valence-corrected chi connectivity index (χ4v) is 3.07. The highest BCUT2D eigenvalue weighted by atomic mass is 16.2. The van der Waals surface area contributed by atoms with Gasteiger partial charge in [-0.1, -0.05) is 12.8 Å². The van der Waals surface area contributed by atoms with Gasteiger partial charge in [-0.25, -0.2) is 0 Å². The number of anilines is 1. The molecule has 3 rings (SSSR count). The minimum atomic E-state index is -0.677. The molecular formula is C13H18N4O2. The van der Waals surface area contributed by atoms with E-state index in [1.165, 1.54) is 0 Å². The van der Waals surface area contributed by atoms with E-state index >= 15 is 0 Å². The minimum Gasteiger partial charge on any atom is -0.342 e. The van der Waals surface area contributed by atoms with Crippen molar-refractivity contribution in [2.75, 3.05) is 11.4 Å². The molecule has 1 aromatic rings. The van der Waals surface area contributed by atoms with Crippen LogP contribution < -0.4 is 10.2 Å². The third-order valence-corrected chi connectivity index (χ3v) is 4.06. The standard InChI is InChI=1S/C13H18N4O2/c1-16-9-10(8-14-16)17-7-4-11(18)15-13(12(17)19)5-2-3-6-13/h8-9H,2-7H2,1H3,(H,15,18). The molecule has 6 nitrogen and oxygen atoms in total. The van der Waals surface area contributed by atoms with Crippen LogP contribution in [0, 0.1) is 0 Å². The summed E-state index contributed by atoms with van der Waals surface area (Å²) < 4.78 is 1.67. The highest BCUT2D eigenvalue weighted by Gasteiger charge is 2.46. The molecule has 2 fully saturated rings. The van der Waals surface area contributed by atoms with E-state index in [9.17, 15) is 9.59 Å². The van der Waals surface area contributed by atoms with E-state index in [1.54, 1.807) is 15.8 Å². The summed E-state index contributed by atoms with van der Waals surface area (Å²) in [4.78, 5) is 26.4. The predicted molar refractivity (Wildman–Crippen MR) is 69.5 cm³/mol. The number of carbonyl (C=O) groups excluding carboxylic acids is 2. The van der Waals surface area contributed by atoms with Crippen LogP contribution in [0.2, 0.25) is 0 Å². The lowest BCUT2D eigenvalue weighted by Gasteiger charge is -2.31. The van der Waals surface area contributed by atoms with E-state index in [2.05, 4.69) is 10.4 Å². The number of nitrogens with one attached hydrogen (secondary N) is 1. The molecular weight excluding hydrogens is 244 g/mol. The van der Waals surface area contributed by atoms with Gasteiger partial charge in [0.25, 0.3) is 5.91 Å². The topological polar surface area (TPSA) is 67.2 Å². The molecule has 1 aliphatic heterocycles. The van der Waals surface area contributed by atoms with Crippen LogP contribution in [0.15, 0.2) is 12.4 Å². The summed E-state index contributed by atoms with van der Waals surface area (Å²) in [6.45, 7) is 0.429. The molecule has 0 unspecified atom stereocenters. The zero-order valence-electron chi connectivity index (χ0n) is 11.1. The zero-order chi connectivity index (χ0) is 13.5. The maximum atomic E-state index is 12.8. The van der Waals surface area contributed by atoms with Gasteiger partial charge >= 0.3 is 0 Å². The summed E-state index contributed by atoms with van der Waals surface area (Å²) in [6, 6.07) is 0. The highest BCUT2D eigenvalue weighted by molar-refractivity contribution is 6.04. The van der Waals surface area contributed by atoms with Gasteiger partial charge in [-0.3, -0.25) is 14.3 Å². The Morgan fingerprint density at radius 1 is 1.32 bits per heavy atom. The molecule has 0 atom stereocenters.